The largest absolute Gasteiger partial charge is 0.479 e. The molecule has 0 saturated carbocycles. The Bertz CT molecular complexity index is 1230. The van der Waals surface area contributed by atoms with Crippen molar-refractivity contribution in [2.24, 2.45) is 7.05 Å². The van der Waals surface area contributed by atoms with Crippen molar-refractivity contribution in [2.75, 3.05) is 53.2 Å². The van der Waals surface area contributed by atoms with E-state index in [9.17, 15) is 9.59 Å². The summed E-state index contributed by atoms with van der Waals surface area (Å²) in [6.45, 7) is 4.03. The second-order valence-electron chi connectivity index (χ2n) is 8.35. The fraction of sp³-hybridized carbons (Fsp3) is 0.391. The highest BCUT2D eigenvalue weighted by Crippen LogP contribution is 2.35. The number of carbonyl (C=O) groups excluding carboxylic acids is 2. The number of nitrogens with one attached hydrogen (secondary N) is 2. The molecule has 0 aliphatic carbocycles. The van der Waals surface area contributed by atoms with Crippen molar-refractivity contribution in [3.8, 4) is 28.6 Å². The zero-order valence-electron chi connectivity index (χ0n) is 19.6. The number of rotatable bonds is 7. The van der Waals surface area contributed by atoms with E-state index in [1.165, 1.54) is 7.11 Å². The summed E-state index contributed by atoms with van der Waals surface area (Å²) in [5.41, 5.74) is 2.34. The maximum atomic E-state index is 12.8. The van der Waals surface area contributed by atoms with Crippen LogP contribution < -0.4 is 19.5 Å². The Morgan fingerprint density at radius 2 is 1.94 bits per heavy atom. The molecule has 5 rings (SSSR count). The number of ether oxygens (including phenoxy) is 3. The first-order valence-corrected chi connectivity index (χ1v) is 11.3. The third-order valence-electron chi connectivity index (χ3n) is 6.08. The second kappa shape index (κ2) is 9.66. The standard InChI is InChI=1S/C23H27N7O5/c1-28-13-16(22(27-28)33-2)23(32)30-9-7-29(8-10-30)6-5-24-21(31)18-12-17(25-26-18)15-3-4-19-20(11-15)35-14-34-19/h3-4,11-13H,5-10,14H2,1-2H3,(H,24,31)(H,25,26). The number of amides is 2. The van der Waals surface area contributed by atoms with Gasteiger partial charge in [-0.15, -0.1) is 5.10 Å². The maximum Gasteiger partial charge on any atom is 0.269 e. The molecule has 3 aromatic rings. The topological polar surface area (TPSA) is 127 Å². The fourth-order valence-electron chi connectivity index (χ4n) is 4.18. The van der Waals surface area contributed by atoms with E-state index in [-0.39, 0.29) is 18.6 Å². The van der Waals surface area contributed by atoms with Crippen LogP contribution in [0.15, 0.2) is 30.5 Å². The number of aromatic nitrogens is 4. The second-order valence-corrected chi connectivity index (χ2v) is 8.35. The average molecular weight is 482 g/mol. The summed E-state index contributed by atoms with van der Waals surface area (Å²) in [5, 5.41) is 14.1. The number of methoxy groups -OCH3 is 1. The number of H-pyrrole nitrogens is 1. The quantitative estimate of drug-likeness (QED) is 0.506. The van der Waals surface area contributed by atoms with E-state index in [0.717, 1.165) is 18.7 Å². The van der Waals surface area contributed by atoms with Crippen LogP contribution in [-0.2, 0) is 7.05 Å². The van der Waals surface area contributed by atoms with Gasteiger partial charge in [-0.3, -0.25) is 24.3 Å². The van der Waals surface area contributed by atoms with E-state index in [2.05, 4.69) is 25.5 Å². The van der Waals surface area contributed by atoms with Crippen LogP contribution >= 0.6 is 0 Å². The minimum Gasteiger partial charge on any atom is -0.479 e. The number of fused-ring (bicyclic) bond motifs is 1. The van der Waals surface area contributed by atoms with Crippen molar-refractivity contribution in [1.82, 2.24) is 35.1 Å². The molecule has 2 aromatic heterocycles. The molecule has 1 fully saturated rings. The fourth-order valence-corrected chi connectivity index (χ4v) is 4.18. The molecule has 2 aliphatic rings. The molecule has 0 bridgehead atoms. The molecule has 0 spiro atoms. The van der Waals surface area contributed by atoms with E-state index in [1.807, 2.05) is 18.2 Å². The van der Waals surface area contributed by atoms with Crippen LogP contribution in [0.4, 0.5) is 0 Å². The molecule has 2 N–H and O–H groups in total. The minimum atomic E-state index is -0.220. The molecule has 1 saturated heterocycles. The van der Waals surface area contributed by atoms with Crippen LogP contribution in [0.1, 0.15) is 20.8 Å². The van der Waals surface area contributed by atoms with Gasteiger partial charge >= 0.3 is 0 Å². The number of hydrogen-bond donors (Lipinski definition) is 2. The lowest BCUT2D eigenvalue weighted by atomic mass is 10.1. The molecule has 184 valence electrons. The van der Waals surface area contributed by atoms with Crippen LogP contribution in [0, 0.1) is 0 Å². The lowest BCUT2D eigenvalue weighted by molar-refractivity contribution is 0.0634. The van der Waals surface area contributed by atoms with Gasteiger partial charge in [-0.05, 0) is 24.3 Å². The predicted octanol–water partition coefficient (Wildman–Crippen LogP) is 0.735. The average Bonchev–Trinajstić information content (AvgIpc) is 3.62. The summed E-state index contributed by atoms with van der Waals surface area (Å²) in [5.74, 6) is 1.40. The normalized spacial score (nSPS) is 15.3. The summed E-state index contributed by atoms with van der Waals surface area (Å²) in [4.78, 5) is 29.4. The minimum absolute atomic E-state index is 0.0830. The highest BCUT2D eigenvalue weighted by molar-refractivity contribution is 5.96. The molecular weight excluding hydrogens is 454 g/mol. The van der Waals surface area contributed by atoms with Crippen LogP contribution in [-0.4, -0.2) is 94.8 Å². The molecule has 35 heavy (non-hydrogen) atoms. The van der Waals surface area contributed by atoms with Crippen LogP contribution in [0.3, 0.4) is 0 Å². The summed E-state index contributed by atoms with van der Waals surface area (Å²) in [7, 11) is 3.26. The van der Waals surface area contributed by atoms with Crippen molar-refractivity contribution in [3.05, 3.63) is 41.7 Å². The van der Waals surface area contributed by atoms with Gasteiger partial charge in [0.2, 0.25) is 12.7 Å². The molecule has 0 radical (unpaired) electrons. The summed E-state index contributed by atoms with van der Waals surface area (Å²) < 4.78 is 17.5. The molecule has 12 nitrogen and oxygen atoms in total. The molecule has 0 atom stereocenters. The monoisotopic (exact) mass is 481 g/mol. The van der Waals surface area contributed by atoms with Crippen molar-refractivity contribution in [3.63, 3.8) is 0 Å². The molecular formula is C23H27N7O5. The van der Waals surface area contributed by atoms with Gasteiger partial charge in [-0.25, -0.2) is 0 Å². The van der Waals surface area contributed by atoms with Gasteiger partial charge in [0.1, 0.15) is 11.3 Å². The van der Waals surface area contributed by atoms with E-state index in [1.54, 1.807) is 28.9 Å². The van der Waals surface area contributed by atoms with Gasteiger partial charge in [0, 0.05) is 58.1 Å². The number of carbonyl (C=O) groups is 2. The summed E-state index contributed by atoms with van der Waals surface area (Å²) >= 11 is 0. The van der Waals surface area contributed by atoms with Gasteiger partial charge in [-0.1, -0.05) is 0 Å². The summed E-state index contributed by atoms with van der Waals surface area (Å²) in [6.07, 6.45) is 1.68. The van der Waals surface area contributed by atoms with Gasteiger partial charge in [0.15, 0.2) is 11.5 Å². The van der Waals surface area contributed by atoms with E-state index >= 15 is 0 Å². The highest BCUT2D eigenvalue weighted by Gasteiger charge is 2.26. The lowest BCUT2D eigenvalue weighted by Gasteiger charge is -2.34. The summed E-state index contributed by atoms with van der Waals surface area (Å²) in [6, 6.07) is 7.26. The third kappa shape index (κ3) is 4.78. The van der Waals surface area contributed by atoms with Crippen LogP contribution in [0.25, 0.3) is 11.3 Å². The molecule has 4 heterocycles. The van der Waals surface area contributed by atoms with Crippen molar-refractivity contribution >= 4 is 11.8 Å². The molecule has 12 heteroatoms. The SMILES string of the molecule is COc1nn(C)cc1C(=O)N1CCN(CCNC(=O)c2cc(-c3ccc4c(c3)OCO4)n[nH]2)CC1. The van der Waals surface area contributed by atoms with E-state index in [4.69, 9.17) is 14.2 Å². The molecule has 2 aliphatic heterocycles. The lowest BCUT2D eigenvalue weighted by Crippen LogP contribution is -2.50. The number of aromatic amines is 1. The van der Waals surface area contributed by atoms with E-state index < -0.39 is 0 Å². The van der Waals surface area contributed by atoms with Gasteiger partial charge in [-0.2, -0.15) is 5.10 Å². The first-order chi connectivity index (χ1) is 17.0. The van der Waals surface area contributed by atoms with E-state index in [0.29, 0.717) is 60.5 Å². The Balaban J connectivity index is 1.08. The van der Waals surface area contributed by atoms with Crippen molar-refractivity contribution in [2.45, 2.75) is 0 Å². The zero-order valence-corrected chi connectivity index (χ0v) is 19.6. The molecule has 1 aromatic carbocycles. The Morgan fingerprint density at radius 1 is 1.14 bits per heavy atom. The predicted molar refractivity (Wildman–Crippen MR) is 125 cm³/mol. The third-order valence-corrected chi connectivity index (χ3v) is 6.08. The zero-order chi connectivity index (χ0) is 24.4. The first-order valence-electron chi connectivity index (χ1n) is 11.3. The first kappa shape index (κ1) is 22.7. The smallest absolute Gasteiger partial charge is 0.269 e. The van der Waals surface area contributed by atoms with Crippen LogP contribution in [0.2, 0.25) is 0 Å². The van der Waals surface area contributed by atoms with Crippen molar-refractivity contribution in [1.29, 1.82) is 0 Å². The number of benzene rings is 1. The van der Waals surface area contributed by atoms with Crippen molar-refractivity contribution < 1.29 is 23.8 Å². The van der Waals surface area contributed by atoms with Gasteiger partial charge in [0.25, 0.3) is 11.8 Å². The Kier molecular flexibility index (Phi) is 6.27. The number of nitrogens with zero attached hydrogens (tertiary/aromatic N) is 5. The van der Waals surface area contributed by atoms with Crippen LogP contribution in [0.5, 0.6) is 17.4 Å². The van der Waals surface area contributed by atoms with Gasteiger partial charge < -0.3 is 24.4 Å². The number of aryl methyl sites for hydroxylation is 1. The number of hydrogen-bond acceptors (Lipinski definition) is 8. The van der Waals surface area contributed by atoms with Gasteiger partial charge in [0.05, 0.1) is 12.8 Å². The molecule has 0 unspecified atom stereocenters. The maximum absolute atomic E-state index is 12.8. The number of piperazine rings is 1. The Hall–Kier alpha value is -4.06. The molecule has 2 amide bonds. The Labute approximate surface area is 201 Å². The highest BCUT2D eigenvalue weighted by atomic mass is 16.7. The Morgan fingerprint density at radius 3 is 2.74 bits per heavy atom.